The molecule has 160 valence electrons. The van der Waals surface area contributed by atoms with Crippen molar-refractivity contribution < 1.29 is 26.4 Å². The number of sulfonamides is 1. The number of fused-ring (bicyclic) bond motifs is 1. The highest BCUT2D eigenvalue weighted by Gasteiger charge is 2.27. The Morgan fingerprint density at radius 3 is 2.58 bits per heavy atom. The summed E-state index contributed by atoms with van der Waals surface area (Å²) >= 11 is 0. The van der Waals surface area contributed by atoms with E-state index < -0.39 is 38.7 Å². The number of pyridine rings is 1. The first kappa shape index (κ1) is 20.7. The van der Waals surface area contributed by atoms with Crippen LogP contribution in [-0.4, -0.2) is 24.2 Å². The zero-order chi connectivity index (χ0) is 22.5. The minimum Gasteiger partial charge on any atom is -0.465 e. The fourth-order valence-corrected chi connectivity index (χ4v) is 4.64. The molecule has 0 aliphatic heterocycles. The van der Waals surface area contributed by atoms with Crippen molar-refractivity contribution in [2.45, 2.75) is 25.7 Å². The number of carbonyl (C=O) groups excluding carboxylic acids is 1. The van der Waals surface area contributed by atoms with Crippen LogP contribution in [0.3, 0.4) is 0 Å². The number of H-pyrrole nitrogens is 1. The number of benzene rings is 1. The van der Waals surface area contributed by atoms with Crippen molar-refractivity contribution in [1.29, 1.82) is 0 Å². The van der Waals surface area contributed by atoms with E-state index in [1.54, 1.807) is 26.1 Å². The predicted octanol–water partition coefficient (Wildman–Crippen LogP) is 4.39. The molecule has 4 aromatic rings. The Kier molecular flexibility index (Phi) is 4.89. The van der Waals surface area contributed by atoms with Gasteiger partial charge in [0.15, 0.2) is 5.82 Å². The Morgan fingerprint density at radius 1 is 1.16 bits per heavy atom. The molecule has 0 aliphatic rings. The first-order chi connectivity index (χ1) is 14.6. The average Bonchev–Trinajstić information content (AvgIpc) is 3.26. The third kappa shape index (κ3) is 3.59. The molecule has 4 rings (SSSR count). The molecule has 1 aromatic carbocycles. The molecule has 7 nitrogen and oxygen atoms in total. The zero-order valence-corrected chi connectivity index (χ0v) is 17.5. The van der Waals surface area contributed by atoms with E-state index in [2.05, 4.69) is 14.7 Å². The summed E-state index contributed by atoms with van der Waals surface area (Å²) in [5.74, 6) is -2.90. The van der Waals surface area contributed by atoms with E-state index in [1.807, 2.05) is 0 Å². The molecule has 0 bridgehead atoms. The number of hydrogen-bond donors (Lipinski definition) is 2. The molecule has 0 atom stereocenters. The first-order valence-corrected chi connectivity index (χ1v) is 10.6. The summed E-state index contributed by atoms with van der Waals surface area (Å²) in [6, 6.07) is 4.70. The number of furan rings is 1. The molecule has 0 spiro atoms. The molecular weight excluding hydrogens is 428 g/mol. The Labute approximate surface area is 176 Å². The van der Waals surface area contributed by atoms with Crippen molar-refractivity contribution in [2.24, 2.45) is 0 Å². The highest BCUT2D eigenvalue weighted by atomic mass is 32.2. The van der Waals surface area contributed by atoms with Crippen molar-refractivity contribution in [2.75, 3.05) is 4.72 Å². The van der Waals surface area contributed by atoms with E-state index in [4.69, 9.17) is 4.42 Å². The topological polar surface area (TPSA) is 105 Å². The fraction of sp³-hybridized carbons (Fsp3) is 0.143. The Balaban J connectivity index is 1.78. The minimum atomic E-state index is -4.23. The number of nitrogens with zero attached hydrogens (tertiary/aromatic N) is 1. The lowest BCUT2D eigenvalue weighted by molar-refractivity contribution is 0.103. The molecule has 31 heavy (non-hydrogen) atoms. The molecule has 0 unspecified atom stereocenters. The maximum absolute atomic E-state index is 15.2. The minimum absolute atomic E-state index is 0.0188. The number of nitrogens with one attached hydrogen (secondary N) is 2. The number of rotatable bonds is 5. The van der Waals surface area contributed by atoms with E-state index in [0.717, 1.165) is 17.7 Å². The number of aryl methyl sites for hydroxylation is 3. The smallest absolute Gasteiger partial charge is 0.265 e. The molecule has 2 N–H and O–H groups in total. The van der Waals surface area contributed by atoms with Gasteiger partial charge < -0.3 is 9.40 Å². The van der Waals surface area contributed by atoms with Gasteiger partial charge in [-0.05, 0) is 44.5 Å². The second-order valence-electron chi connectivity index (χ2n) is 7.11. The first-order valence-electron chi connectivity index (χ1n) is 9.15. The summed E-state index contributed by atoms with van der Waals surface area (Å²) in [6.07, 6.45) is 2.90. The monoisotopic (exact) mass is 445 g/mol. The quantitative estimate of drug-likeness (QED) is 0.443. The number of carbonyl (C=O) groups is 1. The summed E-state index contributed by atoms with van der Waals surface area (Å²) in [7, 11) is -4.23. The third-order valence-electron chi connectivity index (χ3n) is 4.76. The SMILES string of the molecule is Cc1cnc2[nH]cc(C(=O)c3c(F)ccc(NS(=O)(=O)c4cc(C)oc4C)c3F)c2c1. The van der Waals surface area contributed by atoms with Crippen LogP contribution >= 0.6 is 0 Å². The number of aromatic nitrogens is 2. The van der Waals surface area contributed by atoms with Gasteiger partial charge in [-0.25, -0.2) is 22.2 Å². The van der Waals surface area contributed by atoms with E-state index >= 15 is 4.39 Å². The van der Waals surface area contributed by atoms with Crippen LogP contribution in [0.25, 0.3) is 11.0 Å². The summed E-state index contributed by atoms with van der Waals surface area (Å²) in [5, 5.41) is 0.402. The lowest BCUT2D eigenvalue weighted by atomic mass is 10.0. The Morgan fingerprint density at radius 2 is 1.90 bits per heavy atom. The fourth-order valence-electron chi connectivity index (χ4n) is 3.34. The van der Waals surface area contributed by atoms with Crippen LogP contribution in [0.4, 0.5) is 14.5 Å². The van der Waals surface area contributed by atoms with Crippen LogP contribution in [-0.2, 0) is 10.0 Å². The van der Waals surface area contributed by atoms with Gasteiger partial charge in [0, 0.05) is 29.4 Å². The number of anilines is 1. The highest BCUT2D eigenvalue weighted by molar-refractivity contribution is 7.92. The van der Waals surface area contributed by atoms with Crippen LogP contribution in [0.2, 0.25) is 0 Å². The maximum Gasteiger partial charge on any atom is 0.265 e. The zero-order valence-electron chi connectivity index (χ0n) is 16.7. The van der Waals surface area contributed by atoms with Crippen LogP contribution in [0.5, 0.6) is 0 Å². The molecule has 3 heterocycles. The molecular formula is C21H17F2N3O4S. The van der Waals surface area contributed by atoms with Gasteiger partial charge in [-0.15, -0.1) is 0 Å². The maximum atomic E-state index is 15.2. The van der Waals surface area contributed by atoms with Crippen molar-refractivity contribution in [3.63, 3.8) is 0 Å². The lowest BCUT2D eigenvalue weighted by Crippen LogP contribution is -2.16. The predicted molar refractivity (Wildman–Crippen MR) is 110 cm³/mol. The summed E-state index contributed by atoms with van der Waals surface area (Å²) in [5.41, 5.74) is -0.267. The van der Waals surface area contributed by atoms with Gasteiger partial charge in [0.25, 0.3) is 10.0 Å². The number of ketones is 1. The van der Waals surface area contributed by atoms with Gasteiger partial charge in [-0.3, -0.25) is 9.52 Å². The number of aromatic amines is 1. The van der Waals surface area contributed by atoms with Crippen LogP contribution in [0, 0.1) is 32.4 Å². The van der Waals surface area contributed by atoms with E-state index in [0.29, 0.717) is 16.8 Å². The molecule has 0 saturated carbocycles. The highest BCUT2D eigenvalue weighted by Crippen LogP contribution is 2.29. The Bertz CT molecular complexity index is 1460. The third-order valence-corrected chi connectivity index (χ3v) is 6.23. The van der Waals surface area contributed by atoms with Gasteiger partial charge in [0.05, 0.1) is 11.3 Å². The largest absolute Gasteiger partial charge is 0.465 e. The van der Waals surface area contributed by atoms with Crippen LogP contribution in [0.15, 0.2) is 46.0 Å². The van der Waals surface area contributed by atoms with Gasteiger partial charge >= 0.3 is 0 Å². The number of hydrogen-bond acceptors (Lipinski definition) is 5. The van der Waals surface area contributed by atoms with Crippen LogP contribution < -0.4 is 4.72 Å². The average molecular weight is 445 g/mol. The lowest BCUT2D eigenvalue weighted by Gasteiger charge is -2.11. The van der Waals surface area contributed by atoms with Crippen molar-refractivity contribution >= 4 is 32.5 Å². The van der Waals surface area contributed by atoms with Gasteiger partial charge in [-0.2, -0.15) is 0 Å². The van der Waals surface area contributed by atoms with Gasteiger partial charge in [0.2, 0.25) is 5.78 Å². The van der Waals surface area contributed by atoms with Crippen LogP contribution in [0.1, 0.15) is 33.0 Å². The van der Waals surface area contributed by atoms with Crippen molar-refractivity contribution in [1.82, 2.24) is 9.97 Å². The molecule has 0 amide bonds. The molecule has 0 saturated heterocycles. The molecule has 0 fully saturated rings. The standard InChI is InChI=1S/C21H17F2N3O4S/c1-10-6-13-14(9-25-21(13)24-8-10)20(27)18-15(22)4-5-16(19(18)23)26-31(28,29)17-7-11(2)30-12(17)3/h4-9,26H,1-3H3,(H,24,25). The van der Waals surface area contributed by atoms with E-state index in [9.17, 15) is 17.6 Å². The molecule has 0 aliphatic carbocycles. The second-order valence-corrected chi connectivity index (χ2v) is 8.76. The molecule has 0 radical (unpaired) electrons. The summed E-state index contributed by atoms with van der Waals surface area (Å²) in [4.78, 5) is 19.7. The normalized spacial score (nSPS) is 11.8. The van der Waals surface area contributed by atoms with Gasteiger partial charge in [-0.1, -0.05) is 0 Å². The van der Waals surface area contributed by atoms with E-state index in [1.165, 1.54) is 19.2 Å². The summed E-state index contributed by atoms with van der Waals surface area (Å²) in [6.45, 7) is 4.79. The molecule has 10 heteroatoms. The van der Waals surface area contributed by atoms with Gasteiger partial charge in [0.1, 0.15) is 27.9 Å². The Hall–Kier alpha value is -3.53. The second kappa shape index (κ2) is 7.31. The number of halogens is 2. The summed E-state index contributed by atoms with van der Waals surface area (Å²) < 4.78 is 62.3. The molecule has 3 aromatic heterocycles. The van der Waals surface area contributed by atoms with Crippen molar-refractivity contribution in [3.05, 3.63) is 76.5 Å². The van der Waals surface area contributed by atoms with Crippen molar-refractivity contribution in [3.8, 4) is 0 Å². The van der Waals surface area contributed by atoms with E-state index in [-0.39, 0.29) is 16.2 Å².